The van der Waals surface area contributed by atoms with Crippen LogP contribution in [0.2, 0.25) is 0 Å². The molecule has 1 heterocycles. The van der Waals surface area contributed by atoms with E-state index in [-0.39, 0.29) is 0 Å². The van der Waals surface area contributed by atoms with Crippen molar-refractivity contribution < 1.29 is 9.47 Å². The molecule has 0 saturated heterocycles. The monoisotopic (exact) mass is 277 g/mol. The van der Waals surface area contributed by atoms with Crippen molar-refractivity contribution in [3.8, 4) is 17.1 Å². The minimum absolute atomic E-state index is 0.570. The highest BCUT2D eigenvalue weighted by atomic mass is 16.5. The Hall–Kier alpha value is -2.15. The predicted octanol–water partition coefficient (Wildman–Crippen LogP) is 1.36. The number of nitrogens with two attached hydrogens (primary N) is 1. The van der Waals surface area contributed by atoms with Crippen LogP contribution < -0.4 is 10.5 Å². The van der Waals surface area contributed by atoms with Crippen LogP contribution >= 0.6 is 0 Å². The molecule has 7 heteroatoms. The van der Waals surface area contributed by atoms with Crippen molar-refractivity contribution in [1.82, 2.24) is 20.2 Å². The zero-order chi connectivity index (χ0) is 14.4. The first-order valence-corrected chi connectivity index (χ1v) is 6.62. The number of hydrogen-bond acceptors (Lipinski definition) is 6. The average Bonchev–Trinajstić information content (AvgIpc) is 2.90. The van der Waals surface area contributed by atoms with Gasteiger partial charge >= 0.3 is 0 Å². The fourth-order valence-electron chi connectivity index (χ4n) is 1.83. The fourth-order valence-corrected chi connectivity index (χ4v) is 1.83. The van der Waals surface area contributed by atoms with Gasteiger partial charge < -0.3 is 15.2 Å². The van der Waals surface area contributed by atoms with Crippen molar-refractivity contribution in [2.75, 3.05) is 25.6 Å². The Kier molecular flexibility index (Phi) is 4.89. The molecule has 0 saturated carbocycles. The number of aromatic nitrogens is 4. The summed E-state index contributed by atoms with van der Waals surface area (Å²) in [6.07, 6.45) is 0. The molecule has 7 nitrogen and oxygen atoms in total. The van der Waals surface area contributed by atoms with E-state index >= 15 is 0 Å². The van der Waals surface area contributed by atoms with E-state index < -0.39 is 0 Å². The maximum absolute atomic E-state index is 5.96. The van der Waals surface area contributed by atoms with Gasteiger partial charge in [-0.1, -0.05) is 0 Å². The second-order valence-electron chi connectivity index (χ2n) is 4.11. The molecule has 0 amide bonds. The van der Waals surface area contributed by atoms with Gasteiger partial charge in [-0.05, 0) is 42.5 Å². The lowest BCUT2D eigenvalue weighted by Gasteiger charge is -2.09. The van der Waals surface area contributed by atoms with Crippen molar-refractivity contribution in [2.45, 2.75) is 20.4 Å². The molecule has 0 aliphatic rings. The minimum Gasteiger partial charge on any atom is -0.492 e. The maximum atomic E-state index is 5.96. The van der Waals surface area contributed by atoms with Gasteiger partial charge in [0.05, 0.1) is 25.4 Å². The normalized spacial score (nSPS) is 10.7. The molecule has 0 radical (unpaired) electrons. The number of nitrogens with zero attached hydrogens (tertiary/aromatic N) is 4. The van der Waals surface area contributed by atoms with Crippen LogP contribution in [0.1, 0.15) is 13.8 Å². The summed E-state index contributed by atoms with van der Waals surface area (Å²) in [5, 5.41) is 11.7. The zero-order valence-corrected chi connectivity index (χ0v) is 11.7. The van der Waals surface area contributed by atoms with Crippen molar-refractivity contribution in [1.29, 1.82) is 0 Å². The van der Waals surface area contributed by atoms with Gasteiger partial charge in [-0.2, -0.15) is 0 Å². The summed E-state index contributed by atoms with van der Waals surface area (Å²) in [6, 6.07) is 5.54. The number of rotatable bonds is 7. The largest absolute Gasteiger partial charge is 0.492 e. The van der Waals surface area contributed by atoms with Crippen LogP contribution in [0.5, 0.6) is 5.75 Å². The molecule has 1 aromatic carbocycles. The zero-order valence-electron chi connectivity index (χ0n) is 11.7. The molecule has 0 bridgehead atoms. The first-order valence-electron chi connectivity index (χ1n) is 6.62. The first kappa shape index (κ1) is 14.3. The van der Waals surface area contributed by atoms with E-state index in [1.807, 2.05) is 32.0 Å². The van der Waals surface area contributed by atoms with Crippen LogP contribution in [0, 0.1) is 0 Å². The van der Waals surface area contributed by atoms with E-state index in [1.54, 1.807) is 4.68 Å². The average molecular weight is 277 g/mol. The third kappa shape index (κ3) is 3.24. The van der Waals surface area contributed by atoms with Gasteiger partial charge in [-0.3, -0.25) is 0 Å². The number of tetrazole rings is 1. The highest BCUT2D eigenvalue weighted by Crippen LogP contribution is 2.27. The highest BCUT2D eigenvalue weighted by molar-refractivity contribution is 5.66. The number of ether oxygens (including phenoxy) is 2. The Morgan fingerprint density at radius 1 is 1.25 bits per heavy atom. The number of hydrogen-bond donors (Lipinski definition) is 1. The molecule has 1 aromatic heterocycles. The molecule has 2 aromatic rings. The summed E-state index contributed by atoms with van der Waals surface area (Å²) in [5.41, 5.74) is 7.38. The summed E-state index contributed by atoms with van der Waals surface area (Å²) in [6.45, 7) is 6.29. The molecule has 2 N–H and O–H groups in total. The van der Waals surface area contributed by atoms with Crippen LogP contribution in [-0.4, -0.2) is 40.0 Å². The van der Waals surface area contributed by atoms with Crippen molar-refractivity contribution in [3.63, 3.8) is 0 Å². The van der Waals surface area contributed by atoms with Gasteiger partial charge in [0.15, 0.2) is 5.82 Å². The van der Waals surface area contributed by atoms with E-state index in [0.29, 0.717) is 43.6 Å². The summed E-state index contributed by atoms with van der Waals surface area (Å²) in [5.74, 6) is 1.34. The predicted molar refractivity (Wildman–Crippen MR) is 75.3 cm³/mol. The van der Waals surface area contributed by atoms with Gasteiger partial charge in [0, 0.05) is 12.2 Å². The van der Waals surface area contributed by atoms with Gasteiger partial charge in [0.2, 0.25) is 0 Å². The topological polar surface area (TPSA) is 88.1 Å². The van der Waals surface area contributed by atoms with E-state index in [4.69, 9.17) is 15.2 Å². The number of benzene rings is 1. The van der Waals surface area contributed by atoms with E-state index in [2.05, 4.69) is 15.5 Å². The molecule has 2 rings (SSSR count). The smallest absolute Gasteiger partial charge is 0.182 e. The fraction of sp³-hybridized carbons (Fsp3) is 0.462. The van der Waals surface area contributed by atoms with E-state index in [1.165, 1.54) is 0 Å². The third-order valence-corrected chi connectivity index (χ3v) is 2.75. The van der Waals surface area contributed by atoms with Gasteiger partial charge in [-0.15, -0.1) is 5.10 Å². The third-order valence-electron chi connectivity index (χ3n) is 2.75. The lowest BCUT2D eigenvalue weighted by molar-refractivity contribution is 0.136. The number of anilines is 1. The van der Waals surface area contributed by atoms with Crippen LogP contribution in [0.4, 0.5) is 5.69 Å². The Bertz CT molecular complexity index is 555. The SMILES string of the molecule is CCOCCn1nnnc1-c1ccc(OCC)c(N)c1. The summed E-state index contributed by atoms with van der Waals surface area (Å²) < 4.78 is 12.4. The lowest BCUT2D eigenvalue weighted by atomic mass is 10.2. The van der Waals surface area contributed by atoms with Gasteiger partial charge in [0.25, 0.3) is 0 Å². The summed E-state index contributed by atoms with van der Waals surface area (Å²) >= 11 is 0. The van der Waals surface area contributed by atoms with Gasteiger partial charge in [0.1, 0.15) is 5.75 Å². The molecule has 0 spiro atoms. The van der Waals surface area contributed by atoms with E-state index in [0.717, 1.165) is 5.56 Å². The quantitative estimate of drug-likeness (QED) is 0.607. The van der Waals surface area contributed by atoms with Gasteiger partial charge in [-0.25, -0.2) is 4.68 Å². The maximum Gasteiger partial charge on any atom is 0.182 e. The minimum atomic E-state index is 0.570. The van der Waals surface area contributed by atoms with Crippen LogP contribution in [0.15, 0.2) is 18.2 Å². The molecule has 108 valence electrons. The van der Waals surface area contributed by atoms with Crippen molar-refractivity contribution >= 4 is 5.69 Å². The van der Waals surface area contributed by atoms with Crippen LogP contribution in [0.25, 0.3) is 11.4 Å². The summed E-state index contributed by atoms with van der Waals surface area (Å²) in [7, 11) is 0. The number of nitrogen functional groups attached to an aromatic ring is 1. The lowest BCUT2D eigenvalue weighted by Crippen LogP contribution is -2.09. The Morgan fingerprint density at radius 3 is 2.80 bits per heavy atom. The molecule has 0 aliphatic carbocycles. The van der Waals surface area contributed by atoms with Crippen LogP contribution in [0.3, 0.4) is 0 Å². The molecular formula is C13H19N5O2. The van der Waals surface area contributed by atoms with Crippen molar-refractivity contribution in [3.05, 3.63) is 18.2 Å². The molecule has 0 atom stereocenters. The van der Waals surface area contributed by atoms with Crippen LogP contribution in [-0.2, 0) is 11.3 Å². The Labute approximate surface area is 117 Å². The molecular weight excluding hydrogens is 258 g/mol. The second-order valence-corrected chi connectivity index (χ2v) is 4.11. The molecule has 20 heavy (non-hydrogen) atoms. The highest BCUT2D eigenvalue weighted by Gasteiger charge is 2.11. The van der Waals surface area contributed by atoms with Crippen molar-refractivity contribution in [2.24, 2.45) is 0 Å². The molecule has 0 unspecified atom stereocenters. The first-order chi connectivity index (χ1) is 9.76. The molecule has 0 aliphatic heterocycles. The second kappa shape index (κ2) is 6.85. The Balaban J connectivity index is 2.19. The van der Waals surface area contributed by atoms with E-state index in [9.17, 15) is 0 Å². The summed E-state index contributed by atoms with van der Waals surface area (Å²) in [4.78, 5) is 0. The molecule has 0 fully saturated rings. The Morgan fingerprint density at radius 2 is 2.10 bits per heavy atom. The standard InChI is InChI=1S/C13H19N5O2/c1-3-19-8-7-18-13(15-16-17-18)10-5-6-12(20-4-2)11(14)9-10/h5-6,9H,3-4,7-8,14H2,1-2H3.